The van der Waals surface area contributed by atoms with Crippen molar-refractivity contribution in [3.63, 3.8) is 0 Å². The molecular weight excluding hydrogens is 308 g/mol. The zero-order valence-corrected chi connectivity index (χ0v) is 14.9. The van der Waals surface area contributed by atoms with Crippen molar-refractivity contribution in [3.8, 4) is 0 Å². The summed E-state index contributed by atoms with van der Waals surface area (Å²) in [6.07, 6.45) is 4.68. The van der Waals surface area contributed by atoms with Crippen molar-refractivity contribution in [2.24, 2.45) is 16.2 Å². The monoisotopic (exact) mass is 336 g/mol. The van der Waals surface area contributed by atoms with E-state index in [2.05, 4.69) is 20.4 Å². The molecule has 0 aromatic rings. The first kappa shape index (κ1) is 17.5. The Bertz CT molecular complexity index is 539. The highest BCUT2D eigenvalue weighted by atomic mass is 16.6. The number of carbonyl (C=O) groups excluding carboxylic acids is 2. The molecule has 0 amide bonds. The predicted molar refractivity (Wildman–Crippen MR) is 88.0 cm³/mol. The van der Waals surface area contributed by atoms with Gasteiger partial charge in [-0.25, -0.2) is 4.79 Å². The van der Waals surface area contributed by atoms with Gasteiger partial charge in [-0.05, 0) is 56.3 Å². The number of aliphatic hydroxyl groups is 1. The van der Waals surface area contributed by atoms with Crippen molar-refractivity contribution in [2.45, 2.75) is 64.9 Å². The molecule has 4 saturated carbocycles. The maximum Gasteiger partial charge on any atom is 0.333 e. The van der Waals surface area contributed by atoms with Crippen molar-refractivity contribution >= 4 is 11.9 Å². The predicted octanol–water partition coefficient (Wildman–Crippen LogP) is 2.76. The summed E-state index contributed by atoms with van der Waals surface area (Å²) in [5.41, 5.74) is -1.01. The lowest BCUT2D eigenvalue weighted by atomic mass is 9.39. The van der Waals surface area contributed by atoms with Gasteiger partial charge in [0, 0.05) is 5.57 Å². The Morgan fingerprint density at radius 3 is 2.00 bits per heavy atom. The van der Waals surface area contributed by atoms with Crippen LogP contribution in [0.25, 0.3) is 0 Å². The van der Waals surface area contributed by atoms with Gasteiger partial charge < -0.3 is 14.6 Å². The Morgan fingerprint density at radius 1 is 0.958 bits per heavy atom. The Labute approximate surface area is 143 Å². The topological polar surface area (TPSA) is 72.8 Å². The second kappa shape index (κ2) is 5.32. The van der Waals surface area contributed by atoms with Crippen LogP contribution in [0, 0.1) is 16.2 Å². The Balaban J connectivity index is 1.64. The summed E-state index contributed by atoms with van der Waals surface area (Å²) in [6.45, 7) is 9.53. The molecule has 4 fully saturated rings. The lowest BCUT2D eigenvalue weighted by molar-refractivity contribution is -0.234. The van der Waals surface area contributed by atoms with Crippen LogP contribution in [0.5, 0.6) is 0 Å². The molecule has 4 aliphatic rings. The van der Waals surface area contributed by atoms with E-state index < -0.39 is 17.0 Å². The number of rotatable bonds is 5. The number of esters is 2. The fourth-order valence-electron chi connectivity index (χ4n) is 6.39. The van der Waals surface area contributed by atoms with E-state index >= 15 is 0 Å². The lowest BCUT2D eigenvalue weighted by Crippen LogP contribution is -2.64. The Kier molecular flexibility index (Phi) is 3.87. The highest BCUT2D eigenvalue weighted by molar-refractivity contribution is 5.86. The molecule has 4 rings (SSSR count). The van der Waals surface area contributed by atoms with Crippen molar-refractivity contribution < 1.29 is 24.2 Å². The maximum absolute atomic E-state index is 12.8. The average molecular weight is 336 g/mol. The van der Waals surface area contributed by atoms with Gasteiger partial charge in [-0.2, -0.15) is 0 Å². The third-order valence-corrected chi connectivity index (χ3v) is 5.89. The van der Waals surface area contributed by atoms with E-state index in [1.807, 2.05) is 0 Å². The minimum Gasteiger partial charge on any atom is -0.462 e. The number of carbonyl (C=O) groups is 2. The molecule has 2 unspecified atom stereocenters. The van der Waals surface area contributed by atoms with Crippen molar-refractivity contribution in [1.82, 2.24) is 0 Å². The summed E-state index contributed by atoms with van der Waals surface area (Å²) in [4.78, 5) is 24.2. The van der Waals surface area contributed by atoms with Crippen LogP contribution in [0.2, 0.25) is 0 Å². The quantitative estimate of drug-likeness (QED) is 0.475. The first-order valence-electron chi connectivity index (χ1n) is 8.71. The maximum atomic E-state index is 12.8. The van der Waals surface area contributed by atoms with Gasteiger partial charge in [0.05, 0.1) is 11.0 Å². The molecule has 0 spiro atoms. The zero-order chi connectivity index (χ0) is 17.8. The van der Waals surface area contributed by atoms with Crippen LogP contribution in [0.1, 0.15) is 59.3 Å². The largest absolute Gasteiger partial charge is 0.462 e. The number of ether oxygens (including phenoxy) is 2. The normalized spacial score (nSPS) is 42.7. The first-order chi connectivity index (χ1) is 11.0. The number of hydrogen-bond donors (Lipinski definition) is 1. The fourth-order valence-corrected chi connectivity index (χ4v) is 6.39. The van der Waals surface area contributed by atoms with Gasteiger partial charge in [-0.15, -0.1) is 0 Å². The molecule has 0 aromatic heterocycles. The highest BCUT2D eigenvalue weighted by Crippen LogP contribution is 2.70. The van der Waals surface area contributed by atoms with Crippen LogP contribution in [0.3, 0.4) is 0 Å². The fraction of sp³-hybridized carbons (Fsp3) is 0.789. The molecule has 0 heterocycles. The van der Waals surface area contributed by atoms with Crippen LogP contribution >= 0.6 is 0 Å². The molecule has 0 radical (unpaired) electrons. The summed E-state index contributed by atoms with van der Waals surface area (Å²) < 4.78 is 10.4. The summed E-state index contributed by atoms with van der Waals surface area (Å²) in [5.74, 6) is -0.723. The van der Waals surface area contributed by atoms with Gasteiger partial charge in [-0.3, -0.25) is 4.79 Å². The molecule has 5 heteroatoms. The van der Waals surface area contributed by atoms with E-state index in [1.165, 1.54) is 0 Å². The molecule has 4 aliphatic carbocycles. The minimum atomic E-state index is -0.746. The van der Waals surface area contributed by atoms with Gasteiger partial charge in [0.1, 0.15) is 13.2 Å². The van der Waals surface area contributed by atoms with Gasteiger partial charge in [0.2, 0.25) is 0 Å². The number of hydrogen-bond acceptors (Lipinski definition) is 5. The van der Waals surface area contributed by atoms with Crippen LogP contribution in [0.15, 0.2) is 12.2 Å². The lowest BCUT2D eigenvalue weighted by Gasteiger charge is -2.66. The minimum absolute atomic E-state index is 0.00366. The molecule has 4 bridgehead atoms. The Morgan fingerprint density at radius 2 is 1.50 bits per heavy atom. The van der Waals surface area contributed by atoms with Crippen LogP contribution in [-0.2, 0) is 19.1 Å². The first-order valence-corrected chi connectivity index (χ1v) is 8.71. The SMILES string of the molecule is C=C(C)C(=O)OCCOC(=O)C12CC3(C)CC(C)(CC(O)(C3)C1)C2. The van der Waals surface area contributed by atoms with Crippen LogP contribution in [-0.4, -0.2) is 35.9 Å². The molecule has 0 aromatic carbocycles. The molecule has 5 nitrogen and oxygen atoms in total. The molecule has 0 aliphatic heterocycles. The molecule has 2 atom stereocenters. The Hall–Kier alpha value is -1.36. The van der Waals surface area contributed by atoms with E-state index in [0.717, 1.165) is 32.1 Å². The van der Waals surface area contributed by atoms with Crippen molar-refractivity contribution in [2.75, 3.05) is 13.2 Å². The summed E-state index contributed by atoms with van der Waals surface area (Å²) >= 11 is 0. The standard InChI is InChI=1S/C19H28O5/c1-13(2)14(20)23-5-6-24-15(21)18-8-16(3)7-17(4,9-18)11-19(22,10-16)12-18/h22H,1,5-12H2,2-4H3. The summed E-state index contributed by atoms with van der Waals surface area (Å²) in [7, 11) is 0. The van der Waals surface area contributed by atoms with E-state index in [9.17, 15) is 14.7 Å². The molecule has 0 saturated heterocycles. The molecular formula is C19H28O5. The van der Waals surface area contributed by atoms with E-state index in [-0.39, 0.29) is 30.0 Å². The van der Waals surface area contributed by atoms with Crippen molar-refractivity contribution in [3.05, 3.63) is 12.2 Å². The van der Waals surface area contributed by atoms with Gasteiger partial charge in [0.25, 0.3) is 0 Å². The second-order valence-electron chi connectivity index (χ2n) is 9.24. The zero-order valence-electron chi connectivity index (χ0n) is 14.9. The summed E-state index contributed by atoms with van der Waals surface area (Å²) in [6, 6.07) is 0. The van der Waals surface area contributed by atoms with E-state index in [1.54, 1.807) is 6.92 Å². The second-order valence-corrected chi connectivity index (χ2v) is 9.24. The van der Waals surface area contributed by atoms with E-state index in [4.69, 9.17) is 9.47 Å². The third-order valence-electron chi connectivity index (χ3n) is 5.89. The van der Waals surface area contributed by atoms with Crippen molar-refractivity contribution in [1.29, 1.82) is 0 Å². The smallest absolute Gasteiger partial charge is 0.333 e. The van der Waals surface area contributed by atoms with Gasteiger partial charge >= 0.3 is 11.9 Å². The van der Waals surface area contributed by atoms with E-state index in [0.29, 0.717) is 12.0 Å². The molecule has 134 valence electrons. The molecule has 1 N–H and O–H groups in total. The molecule has 24 heavy (non-hydrogen) atoms. The van der Waals surface area contributed by atoms with Gasteiger partial charge in [-0.1, -0.05) is 20.4 Å². The summed E-state index contributed by atoms with van der Waals surface area (Å²) in [5, 5.41) is 11.0. The van der Waals surface area contributed by atoms with Crippen LogP contribution in [0.4, 0.5) is 0 Å². The third kappa shape index (κ3) is 2.99. The average Bonchev–Trinajstić information content (AvgIpc) is 2.37. The highest BCUT2D eigenvalue weighted by Gasteiger charge is 2.68. The van der Waals surface area contributed by atoms with Crippen LogP contribution < -0.4 is 0 Å². The van der Waals surface area contributed by atoms with Gasteiger partial charge in [0.15, 0.2) is 0 Å².